The van der Waals surface area contributed by atoms with Gasteiger partial charge in [-0.05, 0) is 39.9 Å². The minimum atomic E-state index is -0.115. The molecule has 0 bridgehead atoms. The van der Waals surface area contributed by atoms with E-state index in [1.807, 2.05) is 0 Å². The molecule has 0 amide bonds. The second-order valence-electron chi connectivity index (χ2n) is 5.16. The van der Waals surface area contributed by atoms with Crippen LogP contribution in [0.2, 0.25) is 0 Å². The predicted octanol–water partition coefficient (Wildman–Crippen LogP) is 2.51. The molecule has 0 heterocycles. The SMILES string of the molecule is CCCCN(CC)CC(NCC)C(C)(C)OC. The lowest BCUT2D eigenvalue weighted by atomic mass is 9.97. The largest absolute Gasteiger partial charge is 0.377 e. The summed E-state index contributed by atoms with van der Waals surface area (Å²) in [5, 5.41) is 3.55. The minimum Gasteiger partial charge on any atom is -0.377 e. The van der Waals surface area contributed by atoms with Gasteiger partial charge in [-0.3, -0.25) is 0 Å². The quantitative estimate of drug-likeness (QED) is 0.639. The van der Waals surface area contributed by atoms with Gasteiger partial charge in [0.1, 0.15) is 0 Å². The highest BCUT2D eigenvalue weighted by Crippen LogP contribution is 2.15. The van der Waals surface area contributed by atoms with Crippen molar-refractivity contribution >= 4 is 0 Å². The summed E-state index contributed by atoms with van der Waals surface area (Å²) in [5.74, 6) is 0. The van der Waals surface area contributed by atoms with Gasteiger partial charge in [-0.1, -0.05) is 27.2 Å². The van der Waals surface area contributed by atoms with Crippen molar-refractivity contribution < 1.29 is 4.74 Å². The number of methoxy groups -OCH3 is 1. The van der Waals surface area contributed by atoms with Gasteiger partial charge in [0.05, 0.1) is 5.60 Å². The highest BCUT2D eigenvalue weighted by atomic mass is 16.5. The number of rotatable bonds is 10. The Bertz CT molecular complexity index is 183. The summed E-state index contributed by atoms with van der Waals surface area (Å²) in [6.45, 7) is 15.3. The summed E-state index contributed by atoms with van der Waals surface area (Å²) in [6.07, 6.45) is 2.54. The highest BCUT2D eigenvalue weighted by Gasteiger charge is 2.29. The molecule has 17 heavy (non-hydrogen) atoms. The Balaban J connectivity index is 4.39. The van der Waals surface area contributed by atoms with E-state index in [9.17, 15) is 0 Å². The van der Waals surface area contributed by atoms with Gasteiger partial charge in [-0.25, -0.2) is 0 Å². The second kappa shape index (κ2) is 8.90. The molecule has 0 saturated carbocycles. The lowest BCUT2D eigenvalue weighted by Crippen LogP contribution is -2.54. The molecule has 0 fully saturated rings. The fourth-order valence-corrected chi connectivity index (χ4v) is 1.94. The van der Waals surface area contributed by atoms with Crippen molar-refractivity contribution in [1.82, 2.24) is 10.2 Å². The van der Waals surface area contributed by atoms with Crippen LogP contribution in [-0.2, 0) is 4.74 Å². The van der Waals surface area contributed by atoms with Gasteiger partial charge < -0.3 is 15.0 Å². The summed E-state index contributed by atoms with van der Waals surface area (Å²) < 4.78 is 5.61. The molecule has 104 valence electrons. The van der Waals surface area contributed by atoms with Gasteiger partial charge in [0.2, 0.25) is 0 Å². The minimum absolute atomic E-state index is 0.115. The fourth-order valence-electron chi connectivity index (χ4n) is 1.94. The van der Waals surface area contributed by atoms with Gasteiger partial charge in [-0.15, -0.1) is 0 Å². The molecular weight excluding hydrogens is 212 g/mol. The first-order valence-electron chi connectivity index (χ1n) is 7.02. The molecular formula is C14H32N2O. The lowest BCUT2D eigenvalue weighted by Gasteiger charge is -2.37. The number of likely N-dealkylation sites (N-methyl/N-ethyl adjacent to an activating group) is 2. The van der Waals surface area contributed by atoms with Crippen molar-refractivity contribution in [2.24, 2.45) is 0 Å². The standard InChI is InChI=1S/C14H32N2O/c1-7-10-11-16(9-3)12-13(15-8-2)14(4,5)17-6/h13,15H,7-12H2,1-6H3. The molecule has 0 aromatic heterocycles. The van der Waals surface area contributed by atoms with Crippen LogP contribution in [0.5, 0.6) is 0 Å². The predicted molar refractivity (Wildman–Crippen MR) is 75.6 cm³/mol. The van der Waals surface area contributed by atoms with Crippen molar-refractivity contribution in [3.8, 4) is 0 Å². The Morgan fingerprint density at radius 2 is 1.88 bits per heavy atom. The average Bonchev–Trinajstić information content (AvgIpc) is 2.33. The summed E-state index contributed by atoms with van der Waals surface area (Å²) in [7, 11) is 1.80. The number of nitrogens with one attached hydrogen (secondary N) is 1. The molecule has 0 spiro atoms. The fraction of sp³-hybridized carbons (Fsp3) is 1.00. The third kappa shape index (κ3) is 6.39. The second-order valence-corrected chi connectivity index (χ2v) is 5.16. The zero-order valence-corrected chi connectivity index (χ0v) is 12.7. The van der Waals surface area contributed by atoms with Gasteiger partial charge in [0, 0.05) is 19.7 Å². The van der Waals surface area contributed by atoms with E-state index in [0.29, 0.717) is 6.04 Å². The molecule has 0 aliphatic rings. The number of hydrogen-bond acceptors (Lipinski definition) is 3. The van der Waals surface area contributed by atoms with E-state index in [0.717, 1.165) is 19.6 Å². The Hall–Kier alpha value is -0.120. The van der Waals surface area contributed by atoms with Gasteiger partial charge in [-0.2, -0.15) is 0 Å². The Labute approximate surface area is 108 Å². The third-order valence-corrected chi connectivity index (χ3v) is 3.53. The summed E-state index contributed by atoms with van der Waals surface area (Å²) in [6, 6.07) is 0.384. The Kier molecular flexibility index (Phi) is 8.83. The molecule has 1 atom stereocenters. The van der Waals surface area contributed by atoms with Crippen LogP contribution in [-0.4, -0.2) is 49.8 Å². The maximum absolute atomic E-state index is 5.61. The first kappa shape index (κ1) is 16.9. The molecule has 0 rings (SSSR count). The van der Waals surface area contributed by atoms with Gasteiger partial charge in [0.15, 0.2) is 0 Å². The van der Waals surface area contributed by atoms with Crippen LogP contribution in [0, 0.1) is 0 Å². The smallest absolute Gasteiger partial charge is 0.0787 e. The monoisotopic (exact) mass is 244 g/mol. The number of nitrogens with zero attached hydrogens (tertiary/aromatic N) is 1. The van der Waals surface area contributed by atoms with E-state index < -0.39 is 0 Å². The Morgan fingerprint density at radius 1 is 1.24 bits per heavy atom. The molecule has 1 unspecified atom stereocenters. The van der Waals surface area contributed by atoms with E-state index in [-0.39, 0.29) is 5.60 Å². The molecule has 0 aliphatic heterocycles. The Morgan fingerprint density at radius 3 is 2.29 bits per heavy atom. The van der Waals surface area contributed by atoms with Crippen LogP contribution in [0.15, 0.2) is 0 Å². The lowest BCUT2D eigenvalue weighted by molar-refractivity contribution is -0.0192. The van der Waals surface area contributed by atoms with Gasteiger partial charge in [0.25, 0.3) is 0 Å². The number of hydrogen-bond donors (Lipinski definition) is 1. The average molecular weight is 244 g/mol. The third-order valence-electron chi connectivity index (χ3n) is 3.53. The van der Waals surface area contributed by atoms with E-state index in [1.54, 1.807) is 7.11 Å². The van der Waals surface area contributed by atoms with Crippen LogP contribution in [0.25, 0.3) is 0 Å². The van der Waals surface area contributed by atoms with E-state index >= 15 is 0 Å². The molecule has 3 heteroatoms. The molecule has 0 aliphatic carbocycles. The van der Waals surface area contributed by atoms with Crippen LogP contribution in [0.3, 0.4) is 0 Å². The number of ether oxygens (including phenoxy) is 1. The summed E-state index contributed by atoms with van der Waals surface area (Å²) in [5.41, 5.74) is -0.115. The van der Waals surface area contributed by atoms with E-state index in [1.165, 1.54) is 19.4 Å². The van der Waals surface area contributed by atoms with Crippen LogP contribution < -0.4 is 5.32 Å². The van der Waals surface area contributed by atoms with Crippen LogP contribution in [0.4, 0.5) is 0 Å². The number of unbranched alkanes of at least 4 members (excludes halogenated alkanes) is 1. The topological polar surface area (TPSA) is 24.5 Å². The molecule has 1 N–H and O–H groups in total. The zero-order valence-electron chi connectivity index (χ0n) is 12.7. The molecule has 0 saturated heterocycles. The zero-order chi connectivity index (χ0) is 13.3. The summed E-state index contributed by atoms with van der Waals surface area (Å²) >= 11 is 0. The molecule has 0 aromatic rings. The van der Waals surface area contributed by atoms with Crippen LogP contribution in [0.1, 0.15) is 47.5 Å². The van der Waals surface area contributed by atoms with E-state index in [2.05, 4.69) is 44.8 Å². The van der Waals surface area contributed by atoms with Crippen LogP contribution >= 0.6 is 0 Å². The van der Waals surface area contributed by atoms with Crippen molar-refractivity contribution in [2.45, 2.75) is 59.1 Å². The van der Waals surface area contributed by atoms with Crippen molar-refractivity contribution in [2.75, 3.05) is 33.3 Å². The van der Waals surface area contributed by atoms with Crippen molar-refractivity contribution in [3.05, 3.63) is 0 Å². The van der Waals surface area contributed by atoms with Gasteiger partial charge >= 0.3 is 0 Å². The highest BCUT2D eigenvalue weighted by molar-refractivity contribution is 4.87. The molecule has 0 radical (unpaired) electrons. The normalized spacial score (nSPS) is 14.3. The first-order chi connectivity index (χ1) is 8.01. The summed E-state index contributed by atoms with van der Waals surface area (Å²) in [4.78, 5) is 2.51. The van der Waals surface area contributed by atoms with E-state index in [4.69, 9.17) is 4.74 Å². The maximum Gasteiger partial charge on any atom is 0.0787 e. The molecule has 3 nitrogen and oxygen atoms in total. The van der Waals surface area contributed by atoms with Crippen molar-refractivity contribution in [1.29, 1.82) is 0 Å². The maximum atomic E-state index is 5.61. The van der Waals surface area contributed by atoms with Crippen molar-refractivity contribution in [3.63, 3.8) is 0 Å². The first-order valence-corrected chi connectivity index (χ1v) is 7.02. The molecule has 0 aromatic carbocycles.